The molecule has 2 rings (SSSR count). The number of nitrogens with zero attached hydrogens (tertiary/aromatic N) is 2. The number of carbonyl (C=O) groups excluding carboxylic acids is 2. The average Bonchev–Trinajstić information content (AvgIpc) is 2.98. The van der Waals surface area contributed by atoms with Crippen LogP contribution in [0.25, 0.3) is 0 Å². The van der Waals surface area contributed by atoms with Crippen molar-refractivity contribution in [2.24, 2.45) is 0 Å². The van der Waals surface area contributed by atoms with Gasteiger partial charge in [0.25, 0.3) is 5.56 Å². The lowest BCUT2D eigenvalue weighted by Crippen LogP contribution is -2.29. The molecule has 0 spiro atoms. The van der Waals surface area contributed by atoms with E-state index in [1.165, 1.54) is 31.5 Å². The van der Waals surface area contributed by atoms with Crippen molar-refractivity contribution in [3.05, 3.63) is 44.7 Å². The predicted molar refractivity (Wildman–Crippen MR) is 115 cm³/mol. The van der Waals surface area contributed by atoms with Gasteiger partial charge >= 0.3 is 5.97 Å². The highest BCUT2D eigenvalue weighted by atomic mass is 32.2. The zero-order chi connectivity index (χ0) is 22.6. The van der Waals surface area contributed by atoms with E-state index in [1.807, 2.05) is 13.8 Å². The number of hydrogen-bond acceptors (Lipinski definition) is 7. The zero-order valence-electron chi connectivity index (χ0n) is 17.5. The van der Waals surface area contributed by atoms with Gasteiger partial charge in [-0.1, -0.05) is 6.92 Å². The number of rotatable bonds is 8. The quantitative estimate of drug-likeness (QED) is 0.608. The van der Waals surface area contributed by atoms with E-state index in [1.54, 1.807) is 6.92 Å². The van der Waals surface area contributed by atoms with Crippen molar-refractivity contribution in [1.29, 1.82) is 0 Å². The van der Waals surface area contributed by atoms with Crippen LogP contribution in [0.1, 0.15) is 34.6 Å². The van der Waals surface area contributed by atoms with Crippen LogP contribution in [0.5, 0.6) is 0 Å². The minimum atomic E-state index is -3.76. The second kappa shape index (κ2) is 9.54. The number of nitrogens with one attached hydrogen (secondary N) is 1. The van der Waals surface area contributed by atoms with Gasteiger partial charge in [-0.3, -0.25) is 9.59 Å². The molecule has 2 heterocycles. The highest BCUT2D eigenvalue weighted by Gasteiger charge is 2.24. The fraction of sp³-hybridized carbons (Fsp3) is 0.421. The van der Waals surface area contributed by atoms with Crippen molar-refractivity contribution in [2.45, 2.75) is 38.6 Å². The molecule has 0 aliphatic heterocycles. The number of esters is 1. The summed E-state index contributed by atoms with van der Waals surface area (Å²) in [4.78, 5) is 37.9. The number of amides is 1. The van der Waals surface area contributed by atoms with E-state index in [2.05, 4.69) is 5.32 Å². The number of anilines is 1. The minimum Gasteiger partial charge on any atom is -0.462 e. The van der Waals surface area contributed by atoms with E-state index >= 15 is 0 Å². The van der Waals surface area contributed by atoms with Gasteiger partial charge in [0.05, 0.1) is 17.1 Å². The molecule has 1 amide bonds. The minimum absolute atomic E-state index is 0.104. The summed E-state index contributed by atoms with van der Waals surface area (Å²) in [6.45, 7) is 5.24. The first-order chi connectivity index (χ1) is 14.0. The Labute approximate surface area is 179 Å². The Hall–Kier alpha value is -2.50. The van der Waals surface area contributed by atoms with Gasteiger partial charge in [0.1, 0.15) is 11.5 Å². The number of sulfonamides is 1. The summed E-state index contributed by atoms with van der Waals surface area (Å²) in [7, 11) is -1.01. The molecule has 0 saturated carbocycles. The van der Waals surface area contributed by atoms with Crippen molar-refractivity contribution < 1.29 is 22.7 Å². The van der Waals surface area contributed by atoms with Crippen molar-refractivity contribution in [1.82, 2.24) is 8.87 Å². The first-order valence-corrected chi connectivity index (χ1v) is 11.5. The van der Waals surface area contributed by atoms with Gasteiger partial charge in [0.2, 0.25) is 15.9 Å². The average molecular weight is 456 g/mol. The normalized spacial score (nSPS) is 11.5. The third kappa shape index (κ3) is 4.97. The zero-order valence-corrected chi connectivity index (χ0v) is 19.1. The van der Waals surface area contributed by atoms with E-state index in [9.17, 15) is 22.8 Å². The number of carbonyl (C=O) groups is 2. The monoisotopic (exact) mass is 455 g/mol. The molecule has 0 aliphatic rings. The van der Waals surface area contributed by atoms with Gasteiger partial charge in [-0.05, 0) is 31.9 Å². The van der Waals surface area contributed by atoms with Gasteiger partial charge in [0, 0.05) is 31.2 Å². The highest BCUT2D eigenvalue weighted by molar-refractivity contribution is 7.89. The summed E-state index contributed by atoms with van der Waals surface area (Å²) in [6.07, 6.45) is 1.72. The Morgan fingerprint density at radius 2 is 1.90 bits per heavy atom. The first-order valence-electron chi connectivity index (χ1n) is 9.25. The van der Waals surface area contributed by atoms with Crippen LogP contribution < -0.4 is 10.9 Å². The van der Waals surface area contributed by atoms with E-state index in [0.29, 0.717) is 17.0 Å². The number of hydrogen-bond donors (Lipinski definition) is 1. The first kappa shape index (κ1) is 23.8. The number of thiophene rings is 1. The maximum absolute atomic E-state index is 12.6. The van der Waals surface area contributed by atoms with E-state index in [0.717, 1.165) is 31.6 Å². The topological polar surface area (TPSA) is 115 Å². The molecule has 0 radical (unpaired) electrons. The van der Waals surface area contributed by atoms with Crippen LogP contribution in [0, 0.1) is 6.92 Å². The molecule has 0 unspecified atom stereocenters. The van der Waals surface area contributed by atoms with Crippen LogP contribution in [-0.2, 0) is 32.5 Å². The molecule has 11 heteroatoms. The fourth-order valence-corrected chi connectivity index (χ4v) is 4.90. The maximum Gasteiger partial charge on any atom is 0.341 e. The molecule has 0 fully saturated rings. The van der Waals surface area contributed by atoms with E-state index in [-0.39, 0.29) is 11.5 Å². The van der Waals surface area contributed by atoms with Crippen LogP contribution in [0.3, 0.4) is 0 Å². The van der Waals surface area contributed by atoms with Gasteiger partial charge in [-0.15, -0.1) is 11.3 Å². The third-order valence-corrected chi connectivity index (χ3v) is 7.21. The molecule has 0 aliphatic carbocycles. The van der Waals surface area contributed by atoms with Gasteiger partial charge in [0.15, 0.2) is 0 Å². The van der Waals surface area contributed by atoms with Crippen molar-refractivity contribution >= 4 is 38.2 Å². The van der Waals surface area contributed by atoms with E-state index < -0.39 is 34.0 Å². The Balaban J connectivity index is 2.33. The van der Waals surface area contributed by atoms with Crippen molar-refractivity contribution in [3.8, 4) is 0 Å². The molecule has 0 bridgehead atoms. The Morgan fingerprint density at radius 3 is 2.47 bits per heavy atom. The fourth-order valence-electron chi connectivity index (χ4n) is 2.83. The number of aromatic nitrogens is 1. The Morgan fingerprint density at radius 1 is 1.23 bits per heavy atom. The molecule has 30 heavy (non-hydrogen) atoms. The second-order valence-corrected chi connectivity index (χ2v) is 9.96. The number of pyridine rings is 1. The van der Waals surface area contributed by atoms with Gasteiger partial charge in [-0.2, -0.15) is 0 Å². The Bertz CT molecular complexity index is 1120. The summed E-state index contributed by atoms with van der Waals surface area (Å²) in [6, 6.07) is 2.29. The van der Waals surface area contributed by atoms with Crippen molar-refractivity contribution in [2.75, 3.05) is 26.0 Å². The standard InChI is InChI=1S/C19H25N3O6S2/c1-6-14-12(3)29-18(17(14)19(25)28-7-2)20-15(23)11-22-10-13(8-9-16(22)24)30(26,27)21(4)5/h8-10H,6-7,11H2,1-5H3,(H,20,23). The molecular weight excluding hydrogens is 430 g/mol. The van der Waals surface area contributed by atoms with Crippen LogP contribution in [-0.4, -0.2) is 49.9 Å². The summed E-state index contributed by atoms with van der Waals surface area (Å²) in [5.41, 5.74) is 0.585. The van der Waals surface area contributed by atoms with Crippen LogP contribution >= 0.6 is 11.3 Å². The summed E-state index contributed by atoms with van der Waals surface area (Å²) in [5, 5.41) is 3.01. The molecule has 9 nitrogen and oxygen atoms in total. The predicted octanol–water partition coefficient (Wildman–Crippen LogP) is 1.85. The second-order valence-electron chi connectivity index (χ2n) is 6.58. The third-order valence-electron chi connectivity index (χ3n) is 4.34. The summed E-state index contributed by atoms with van der Waals surface area (Å²) in [5.74, 6) is -1.09. The molecule has 0 aromatic carbocycles. The van der Waals surface area contributed by atoms with Crippen molar-refractivity contribution in [3.63, 3.8) is 0 Å². The van der Waals surface area contributed by atoms with Gasteiger partial charge in [-0.25, -0.2) is 17.5 Å². The maximum atomic E-state index is 12.6. The van der Waals surface area contributed by atoms with E-state index in [4.69, 9.17) is 4.74 Å². The summed E-state index contributed by atoms with van der Waals surface area (Å²) >= 11 is 1.25. The molecule has 0 atom stereocenters. The Kier molecular flexibility index (Phi) is 7.56. The smallest absolute Gasteiger partial charge is 0.341 e. The molecule has 0 saturated heterocycles. The number of ether oxygens (including phenoxy) is 1. The van der Waals surface area contributed by atoms with Crippen LogP contribution in [0.15, 0.2) is 28.0 Å². The lowest BCUT2D eigenvalue weighted by Gasteiger charge is -2.13. The largest absolute Gasteiger partial charge is 0.462 e. The molecule has 2 aromatic heterocycles. The lowest BCUT2D eigenvalue weighted by molar-refractivity contribution is -0.116. The van der Waals surface area contributed by atoms with Gasteiger partial charge < -0.3 is 14.6 Å². The SMILES string of the molecule is CCOC(=O)c1c(NC(=O)Cn2cc(S(=O)(=O)N(C)C)ccc2=O)sc(C)c1CC. The lowest BCUT2D eigenvalue weighted by atomic mass is 10.1. The van der Waals surface area contributed by atoms with Crippen LogP contribution in [0.2, 0.25) is 0 Å². The number of aryl methyl sites for hydroxylation is 1. The molecule has 1 N–H and O–H groups in total. The molecule has 164 valence electrons. The molecule has 2 aromatic rings. The summed E-state index contributed by atoms with van der Waals surface area (Å²) < 4.78 is 31.7. The highest BCUT2D eigenvalue weighted by Crippen LogP contribution is 2.34. The molecular formula is C19H25N3O6S2. The van der Waals surface area contributed by atoms with Crippen LogP contribution in [0.4, 0.5) is 5.00 Å².